The smallest absolute Gasteiger partial charge is 0.0716 e. The maximum atomic E-state index is 4.31. The highest BCUT2D eigenvalue weighted by molar-refractivity contribution is 8.39. The Kier molecular flexibility index (Phi) is 3.47. The van der Waals surface area contributed by atoms with Gasteiger partial charge in [0.2, 0.25) is 0 Å². The molecule has 2 rings (SSSR count). The molecular weight excluding hydrogens is 264 g/mol. The second-order valence-corrected chi connectivity index (χ2v) is 7.79. The van der Waals surface area contributed by atoms with Gasteiger partial charge in [-0.25, -0.2) is 0 Å². The Balaban J connectivity index is 2.16. The molecule has 12 heavy (non-hydrogen) atoms. The quantitative estimate of drug-likeness (QED) is 0.619. The van der Waals surface area contributed by atoms with Crippen molar-refractivity contribution in [3.8, 4) is 0 Å². The number of thiol groups is 2. The van der Waals surface area contributed by atoms with Crippen molar-refractivity contribution in [2.24, 2.45) is 0 Å². The summed E-state index contributed by atoms with van der Waals surface area (Å²) in [4.78, 5) is 0. The van der Waals surface area contributed by atoms with Crippen LogP contribution in [0.3, 0.4) is 0 Å². The summed E-state index contributed by atoms with van der Waals surface area (Å²) in [5.41, 5.74) is 0. The third kappa shape index (κ3) is 2.04. The average molecular weight is 268 g/mol. The highest BCUT2D eigenvalue weighted by Crippen LogP contribution is 2.57. The number of rotatable bonds is 0. The highest BCUT2D eigenvalue weighted by Gasteiger charge is 2.21. The van der Waals surface area contributed by atoms with Crippen LogP contribution in [0.15, 0.2) is 27.8 Å². The fraction of sp³-hybridized carbons (Fsp3) is 0. The van der Waals surface area contributed by atoms with Crippen LogP contribution in [0, 0.1) is 0 Å². The van der Waals surface area contributed by atoms with Gasteiger partial charge in [-0.15, -0.1) is 25.3 Å². The molecule has 2 aliphatic heterocycles. The van der Waals surface area contributed by atoms with E-state index in [1.807, 2.05) is 0 Å². The Morgan fingerprint density at radius 1 is 0.833 bits per heavy atom. The minimum atomic E-state index is 1.01. The lowest BCUT2D eigenvalue weighted by Crippen LogP contribution is -1.64. The lowest BCUT2D eigenvalue weighted by atomic mass is 11.2. The summed E-state index contributed by atoms with van der Waals surface area (Å²) in [6, 6.07) is 0. The van der Waals surface area contributed by atoms with E-state index in [9.17, 15) is 0 Å². The fourth-order valence-corrected chi connectivity index (χ4v) is 5.99. The third-order valence-corrected chi connectivity index (χ3v) is 7.46. The molecule has 6 heteroatoms. The molecule has 0 aromatic rings. The lowest BCUT2D eigenvalue weighted by molar-refractivity contribution is 2.38. The fourth-order valence-electron chi connectivity index (χ4n) is 0.670. The SMILES string of the molecule is SC1=C(S)SC(=C2SC=CS2)S1. The van der Waals surface area contributed by atoms with Crippen LogP contribution in [0.5, 0.6) is 0 Å². The molecule has 0 nitrogen and oxygen atoms in total. The molecule has 0 aliphatic carbocycles. The number of hydrogen-bond donors (Lipinski definition) is 2. The predicted molar refractivity (Wildman–Crippen MR) is 71.5 cm³/mol. The highest BCUT2D eigenvalue weighted by atomic mass is 32.2. The van der Waals surface area contributed by atoms with Gasteiger partial charge in [0.05, 0.1) is 16.9 Å². The van der Waals surface area contributed by atoms with Gasteiger partial charge in [-0.3, -0.25) is 0 Å². The average Bonchev–Trinajstić information content (AvgIpc) is 2.61. The standard InChI is InChI=1S/C6H4S6/c7-3-4(8)12-6(11-3)5-9-1-2-10-5/h1-2,7-8H. The van der Waals surface area contributed by atoms with Crippen molar-refractivity contribution in [1.29, 1.82) is 0 Å². The van der Waals surface area contributed by atoms with Crippen molar-refractivity contribution < 1.29 is 0 Å². The van der Waals surface area contributed by atoms with Crippen molar-refractivity contribution in [1.82, 2.24) is 0 Å². The van der Waals surface area contributed by atoms with E-state index >= 15 is 0 Å². The number of thioether (sulfide) groups is 4. The normalized spacial score (nSPS) is 23.2. The van der Waals surface area contributed by atoms with E-state index in [-0.39, 0.29) is 0 Å². The first-order valence-electron chi connectivity index (χ1n) is 2.98. The van der Waals surface area contributed by atoms with Crippen molar-refractivity contribution >= 4 is 72.3 Å². The molecule has 0 radical (unpaired) electrons. The van der Waals surface area contributed by atoms with Crippen molar-refractivity contribution in [2.45, 2.75) is 0 Å². The van der Waals surface area contributed by atoms with Gasteiger partial charge in [0.25, 0.3) is 0 Å². The van der Waals surface area contributed by atoms with Gasteiger partial charge in [-0.2, -0.15) is 0 Å². The molecule has 0 saturated heterocycles. The molecule has 0 N–H and O–H groups in total. The Morgan fingerprint density at radius 3 is 1.83 bits per heavy atom. The Hall–Kier alpha value is 1.32. The van der Waals surface area contributed by atoms with E-state index in [1.54, 1.807) is 47.0 Å². The summed E-state index contributed by atoms with van der Waals surface area (Å²) in [6.07, 6.45) is 0. The largest absolute Gasteiger partial charge is 0.135 e. The monoisotopic (exact) mass is 268 g/mol. The molecule has 0 saturated carbocycles. The first-order valence-corrected chi connectivity index (χ1v) is 7.26. The van der Waals surface area contributed by atoms with Gasteiger partial charge in [0, 0.05) is 0 Å². The number of hydrogen-bond acceptors (Lipinski definition) is 6. The van der Waals surface area contributed by atoms with Gasteiger partial charge in [-0.05, 0) is 10.8 Å². The molecule has 64 valence electrons. The summed E-state index contributed by atoms with van der Waals surface area (Å²) in [6.45, 7) is 0. The van der Waals surface area contributed by atoms with E-state index in [0.29, 0.717) is 0 Å². The second kappa shape index (κ2) is 4.23. The van der Waals surface area contributed by atoms with Crippen LogP contribution in [0.2, 0.25) is 0 Å². The molecule has 0 aromatic heterocycles. The molecule has 0 spiro atoms. The topological polar surface area (TPSA) is 0 Å². The molecular formula is C6H4S6. The summed E-state index contributed by atoms with van der Waals surface area (Å²) in [7, 11) is 0. The van der Waals surface area contributed by atoms with Crippen LogP contribution < -0.4 is 0 Å². The van der Waals surface area contributed by atoms with Crippen LogP contribution in [0.25, 0.3) is 0 Å². The van der Waals surface area contributed by atoms with Crippen molar-refractivity contribution in [3.05, 3.63) is 27.8 Å². The molecule has 2 heterocycles. The van der Waals surface area contributed by atoms with E-state index in [0.717, 1.165) is 8.47 Å². The van der Waals surface area contributed by atoms with Gasteiger partial charge in [-0.1, -0.05) is 47.0 Å². The maximum absolute atomic E-state index is 4.31. The van der Waals surface area contributed by atoms with Crippen LogP contribution >= 0.6 is 72.3 Å². The Morgan fingerprint density at radius 2 is 1.33 bits per heavy atom. The zero-order valence-corrected chi connectivity index (χ0v) is 10.7. The zero-order valence-electron chi connectivity index (χ0n) is 5.68. The van der Waals surface area contributed by atoms with Gasteiger partial charge >= 0.3 is 0 Å². The van der Waals surface area contributed by atoms with Crippen LogP contribution in [0.1, 0.15) is 0 Å². The summed E-state index contributed by atoms with van der Waals surface area (Å²) >= 11 is 15.6. The minimum Gasteiger partial charge on any atom is -0.135 e. The summed E-state index contributed by atoms with van der Waals surface area (Å²) in [5.74, 6) is 0. The van der Waals surface area contributed by atoms with Gasteiger partial charge in [0.15, 0.2) is 0 Å². The van der Waals surface area contributed by atoms with Crippen molar-refractivity contribution in [3.63, 3.8) is 0 Å². The molecule has 2 aliphatic rings. The van der Waals surface area contributed by atoms with E-state index in [4.69, 9.17) is 0 Å². The van der Waals surface area contributed by atoms with E-state index < -0.39 is 0 Å². The Labute approximate surface area is 99.3 Å². The van der Waals surface area contributed by atoms with Gasteiger partial charge < -0.3 is 0 Å². The third-order valence-electron chi connectivity index (χ3n) is 1.13. The minimum absolute atomic E-state index is 1.01. The van der Waals surface area contributed by atoms with Crippen molar-refractivity contribution in [2.75, 3.05) is 0 Å². The Bertz CT molecular complexity index is 273. The van der Waals surface area contributed by atoms with Crippen LogP contribution in [-0.4, -0.2) is 0 Å². The zero-order chi connectivity index (χ0) is 8.55. The van der Waals surface area contributed by atoms with Crippen LogP contribution in [0.4, 0.5) is 0 Å². The molecule has 0 amide bonds. The molecule has 0 bridgehead atoms. The molecule has 0 aromatic carbocycles. The molecule has 0 unspecified atom stereocenters. The molecule has 0 fully saturated rings. The van der Waals surface area contributed by atoms with Gasteiger partial charge in [0.1, 0.15) is 0 Å². The second-order valence-electron chi connectivity index (χ2n) is 1.90. The lowest BCUT2D eigenvalue weighted by Gasteiger charge is -1.98. The summed E-state index contributed by atoms with van der Waals surface area (Å²) in [5, 5.41) is 4.20. The van der Waals surface area contributed by atoms with E-state index in [1.165, 1.54) is 8.47 Å². The first kappa shape index (κ1) is 9.86. The summed E-state index contributed by atoms with van der Waals surface area (Å²) < 4.78 is 4.68. The predicted octanol–water partition coefficient (Wildman–Crippen LogP) is 4.53. The first-order chi connectivity index (χ1) is 5.77. The molecule has 0 atom stereocenters. The maximum Gasteiger partial charge on any atom is 0.0716 e. The van der Waals surface area contributed by atoms with E-state index in [2.05, 4.69) is 36.1 Å². The van der Waals surface area contributed by atoms with Crippen LogP contribution in [-0.2, 0) is 0 Å².